The summed E-state index contributed by atoms with van der Waals surface area (Å²) in [4.78, 5) is 12.7. The second-order valence-corrected chi connectivity index (χ2v) is 9.72. The predicted octanol–water partition coefficient (Wildman–Crippen LogP) is 3.68. The average molecular weight is 492 g/mol. The van der Waals surface area contributed by atoms with E-state index in [0.29, 0.717) is 48.1 Å². The molecule has 1 amide bonds. The molecule has 0 aromatic heterocycles. The fraction of sp³-hybridized carbons (Fsp3) is 0.593. The number of ether oxygens (including phenoxy) is 2. The lowest BCUT2D eigenvalue weighted by atomic mass is 9.88. The number of aliphatic hydroxyl groups is 2. The normalized spacial score (nSPS) is 32.7. The van der Waals surface area contributed by atoms with Crippen LogP contribution in [-0.2, 0) is 20.7 Å². The van der Waals surface area contributed by atoms with Crippen molar-refractivity contribution >= 4 is 11.6 Å². The maximum atomic E-state index is 12.7. The van der Waals surface area contributed by atoms with E-state index in [1.165, 1.54) is 13.2 Å². The van der Waals surface area contributed by atoms with E-state index in [1.807, 2.05) is 26.8 Å². The molecule has 8 heteroatoms. The molecule has 5 N–H and O–H groups in total. The van der Waals surface area contributed by atoms with Gasteiger partial charge in [-0.2, -0.15) is 0 Å². The SMILES string of the molecule is COC1CC/C=C(\C)C(=O)Nc2cc(O)c(O)c(c2)CC(C)CC(OC)C(O)C(C)/C=C(\C)C1O. The number of phenolic OH excluding ortho intramolecular Hbond substituents is 2. The average Bonchev–Trinajstić information content (AvgIpc) is 2.81. The maximum Gasteiger partial charge on any atom is 0.250 e. The summed E-state index contributed by atoms with van der Waals surface area (Å²) in [6.45, 7) is 7.34. The van der Waals surface area contributed by atoms with Gasteiger partial charge in [-0.15, -0.1) is 0 Å². The number of benzene rings is 1. The molecule has 2 rings (SSSR count). The van der Waals surface area contributed by atoms with Gasteiger partial charge in [-0.25, -0.2) is 0 Å². The van der Waals surface area contributed by atoms with Crippen molar-refractivity contribution < 1.29 is 34.7 Å². The van der Waals surface area contributed by atoms with Gasteiger partial charge in [0.1, 0.15) is 6.10 Å². The highest BCUT2D eigenvalue weighted by Crippen LogP contribution is 2.35. The molecule has 0 fully saturated rings. The molecule has 196 valence electrons. The van der Waals surface area contributed by atoms with E-state index in [0.717, 1.165) is 0 Å². The molecule has 0 aliphatic carbocycles. The van der Waals surface area contributed by atoms with Crippen molar-refractivity contribution in [3.05, 3.63) is 41.0 Å². The minimum atomic E-state index is -0.855. The third-order valence-corrected chi connectivity index (χ3v) is 6.76. The minimum absolute atomic E-state index is 0.0182. The van der Waals surface area contributed by atoms with Crippen LogP contribution in [-0.4, -0.2) is 65.0 Å². The summed E-state index contributed by atoms with van der Waals surface area (Å²) in [5.41, 5.74) is 2.05. The number of hydrogen-bond donors (Lipinski definition) is 5. The second kappa shape index (κ2) is 13.1. The number of aliphatic hydroxyl groups excluding tert-OH is 2. The number of allylic oxidation sites excluding steroid dienone is 1. The first kappa shape index (κ1) is 28.8. The summed E-state index contributed by atoms with van der Waals surface area (Å²) < 4.78 is 11.1. The first-order chi connectivity index (χ1) is 16.5. The number of phenols is 2. The molecular weight excluding hydrogens is 450 g/mol. The van der Waals surface area contributed by atoms with Crippen molar-refractivity contribution in [1.82, 2.24) is 0 Å². The van der Waals surface area contributed by atoms with Crippen molar-refractivity contribution in [1.29, 1.82) is 0 Å². The van der Waals surface area contributed by atoms with Gasteiger partial charge in [0, 0.05) is 43.0 Å². The van der Waals surface area contributed by atoms with Gasteiger partial charge in [0.2, 0.25) is 0 Å². The molecule has 2 bridgehead atoms. The standard InChI is InChI=1S/C27H41NO7/c1-15-10-19-13-20(14-21(29)26(19)32)28-27(33)16(2)8-7-9-22(34-5)24(30)17(3)12-18(4)25(31)23(11-15)35-6/h8,12-15,18,22-25,29-32H,7,9-11H2,1-6H3,(H,28,33)/b16-8+,17-12+. The molecule has 0 saturated heterocycles. The van der Waals surface area contributed by atoms with Crippen molar-refractivity contribution in [3.63, 3.8) is 0 Å². The first-order valence-corrected chi connectivity index (χ1v) is 12.1. The molecule has 35 heavy (non-hydrogen) atoms. The Morgan fingerprint density at radius 2 is 1.69 bits per heavy atom. The van der Waals surface area contributed by atoms with Crippen LogP contribution in [0.15, 0.2) is 35.4 Å². The topological polar surface area (TPSA) is 128 Å². The van der Waals surface area contributed by atoms with Crippen LogP contribution in [0.25, 0.3) is 0 Å². The number of fused-ring (bicyclic) bond motifs is 2. The van der Waals surface area contributed by atoms with Crippen LogP contribution in [0.5, 0.6) is 11.5 Å². The van der Waals surface area contributed by atoms with E-state index in [1.54, 1.807) is 26.2 Å². The Hall–Kier alpha value is -2.39. The monoisotopic (exact) mass is 491 g/mol. The molecule has 6 unspecified atom stereocenters. The molecule has 1 heterocycles. The Morgan fingerprint density at radius 3 is 2.31 bits per heavy atom. The Labute approximate surface area is 208 Å². The first-order valence-electron chi connectivity index (χ1n) is 12.1. The zero-order chi connectivity index (χ0) is 26.3. The number of hydrogen-bond acceptors (Lipinski definition) is 7. The lowest BCUT2D eigenvalue weighted by Gasteiger charge is -2.29. The molecular formula is C27H41NO7. The van der Waals surface area contributed by atoms with Crippen molar-refractivity contribution in [3.8, 4) is 11.5 Å². The van der Waals surface area contributed by atoms with E-state index in [2.05, 4.69) is 5.32 Å². The Bertz CT molecular complexity index is 926. The molecule has 1 aliphatic rings. The molecule has 0 saturated carbocycles. The number of amides is 1. The molecule has 0 radical (unpaired) electrons. The zero-order valence-electron chi connectivity index (χ0n) is 21.6. The summed E-state index contributed by atoms with van der Waals surface area (Å²) in [5.74, 6) is -1.17. The highest BCUT2D eigenvalue weighted by molar-refractivity contribution is 6.03. The third-order valence-electron chi connectivity index (χ3n) is 6.76. The van der Waals surface area contributed by atoms with E-state index >= 15 is 0 Å². The third kappa shape index (κ3) is 7.80. The fourth-order valence-corrected chi connectivity index (χ4v) is 4.57. The van der Waals surface area contributed by atoms with Gasteiger partial charge in [-0.1, -0.05) is 26.0 Å². The Kier molecular flexibility index (Phi) is 10.8. The molecule has 1 aromatic carbocycles. The van der Waals surface area contributed by atoms with Crippen LogP contribution in [0.3, 0.4) is 0 Å². The minimum Gasteiger partial charge on any atom is -0.504 e. The van der Waals surface area contributed by atoms with E-state index in [-0.39, 0.29) is 29.2 Å². The van der Waals surface area contributed by atoms with Gasteiger partial charge in [0.05, 0.1) is 18.3 Å². The van der Waals surface area contributed by atoms with Gasteiger partial charge in [-0.05, 0) is 57.1 Å². The van der Waals surface area contributed by atoms with Gasteiger partial charge >= 0.3 is 0 Å². The van der Waals surface area contributed by atoms with Crippen molar-refractivity contribution in [2.75, 3.05) is 19.5 Å². The fourth-order valence-electron chi connectivity index (χ4n) is 4.57. The number of nitrogens with one attached hydrogen (secondary N) is 1. The molecule has 1 aromatic rings. The van der Waals surface area contributed by atoms with Crippen molar-refractivity contribution in [2.45, 2.75) is 77.8 Å². The summed E-state index contributed by atoms with van der Waals surface area (Å²) in [6, 6.07) is 2.96. The summed E-state index contributed by atoms with van der Waals surface area (Å²) in [7, 11) is 3.08. The highest BCUT2D eigenvalue weighted by atomic mass is 16.5. The van der Waals surface area contributed by atoms with E-state index < -0.39 is 24.4 Å². The van der Waals surface area contributed by atoms with Gasteiger partial charge in [0.25, 0.3) is 5.91 Å². The quantitative estimate of drug-likeness (QED) is 0.242. The number of carbonyl (C=O) groups excluding carboxylic acids is 1. The number of aromatic hydroxyl groups is 2. The van der Waals surface area contributed by atoms with Crippen molar-refractivity contribution in [2.24, 2.45) is 11.8 Å². The second-order valence-electron chi connectivity index (χ2n) is 9.72. The summed E-state index contributed by atoms with van der Waals surface area (Å²) >= 11 is 0. The summed E-state index contributed by atoms with van der Waals surface area (Å²) in [5, 5.41) is 45.2. The van der Waals surface area contributed by atoms with Crippen LogP contribution >= 0.6 is 0 Å². The number of carbonyl (C=O) groups is 1. The van der Waals surface area contributed by atoms with Crippen LogP contribution in [0.1, 0.15) is 52.5 Å². The molecule has 6 atom stereocenters. The van der Waals surface area contributed by atoms with E-state index in [4.69, 9.17) is 9.47 Å². The van der Waals surface area contributed by atoms with Gasteiger partial charge in [-0.3, -0.25) is 4.79 Å². The largest absolute Gasteiger partial charge is 0.504 e. The van der Waals surface area contributed by atoms with Crippen LogP contribution in [0.4, 0.5) is 5.69 Å². The predicted molar refractivity (Wildman–Crippen MR) is 135 cm³/mol. The molecule has 1 aliphatic heterocycles. The maximum absolute atomic E-state index is 12.7. The van der Waals surface area contributed by atoms with Crippen LogP contribution < -0.4 is 5.32 Å². The Morgan fingerprint density at radius 1 is 1.03 bits per heavy atom. The van der Waals surface area contributed by atoms with Crippen LogP contribution in [0, 0.1) is 11.8 Å². The zero-order valence-corrected chi connectivity index (χ0v) is 21.6. The Balaban J connectivity index is 2.44. The summed E-state index contributed by atoms with van der Waals surface area (Å²) in [6.07, 6.45) is 2.90. The number of rotatable bonds is 2. The van der Waals surface area contributed by atoms with Crippen LogP contribution in [0.2, 0.25) is 0 Å². The van der Waals surface area contributed by atoms with Gasteiger partial charge < -0.3 is 35.2 Å². The smallest absolute Gasteiger partial charge is 0.250 e. The highest BCUT2D eigenvalue weighted by Gasteiger charge is 2.28. The molecule has 8 nitrogen and oxygen atoms in total. The lowest BCUT2D eigenvalue weighted by molar-refractivity contribution is -0.112. The van der Waals surface area contributed by atoms with Gasteiger partial charge in [0.15, 0.2) is 11.5 Å². The molecule has 0 spiro atoms. The van der Waals surface area contributed by atoms with E-state index in [9.17, 15) is 25.2 Å². The lowest BCUT2D eigenvalue weighted by Crippen LogP contribution is -2.35. The number of anilines is 1. The number of methoxy groups -OCH3 is 2.